The van der Waals surface area contributed by atoms with E-state index in [0.29, 0.717) is 22.6 Å². The largest absolute Gasteiger partial charge is 0.506 e. The lowest BCUT2D eigenvalue weighted by Gasteiger charge is -2.23. The third-order valence-corrected chi connectivity index (χ3v) is 6.08. The number of aromatic nitrogens is 2. The van der Waals surface area contributed by atoms with Crippen molar-refractivity contribution in [2.24, 2.45) is 0 Å². The van der Waals surface area contributed by atoms with Crippen LogP contribution in [0, 0.1) is 6.92 Å². The average molecular weight is 469 g/mol. The molecule has 4 aromatic rings. The fourth-order valence-corrected chi connectivity index (χ4v) is 4.45. The topological polar surface area (TPSA) is 105 Å². The zero-order valence-electron chi connectivity index (χ0n) is 19.4. The van der Waals surface area contributed by atoms with Crippen molar-refractivity contribution in [1.29, 1.82) is 0 Å². The van der Waals surface area contributed by atoms with E-state index in [2.05, 4.69) is 9.97 Å². The standard InChI is InChI=1S/C27H23N3O5/c1-15-12-13-17-18(14-15)29-27(28-17)30-23(16-8-5-4-6-9-16)22(25(32)26(30)33)24(31)21-19(34-2)10-7-11-20(21)35-3/h4-14,23,31H,1-3H3,(H,28,29)/b24-22+. The van der Waals surface area contributed by atoms with Crippen molar-refractivity contribution < 1.29 is 24.2 Å². The van der Waals surface area contributed by atoms with E-state index in [-0.39, 0.29) is 22.8 Å². The number of aliphatic hydroxyl groups is 1. The molecule has 1 fully saturated rings. The van der Waals surface area contributed by atoms with Gasteiger partial charge in [-0.15, -0.1) is 0 Å². The Balaban J connectivity index is 1.77. The number of aromatic amines is 1. The van der Waals surface area contributed by atoms with Crippen molar-refractivity contribution in [3.63, 3.8) is 0 Å². The maximum Gasteiger partial charge on any atom is 0.302 e. The molecule has 3 aromatic carbocycles. The highest BCUT2D eigenvalue weighted by atomic mass is 16.5. The number of aliphatic hydroxyl groups excluding tert-OH is 1. The van der Waals surface area contributed by atoms with Gasteiger partial charge in [-0.3, -0.25) is 14.5 Å². The van der Waals surface area contributed by atoms with Crippen molar-refractivity contribution >= 4 is 34.4 Å². The van der Waals surface area contributed by atoms with Crippen LogP contribution < -0.4 is 14.4 Å². The van der Waals surface area contributed by atoms with E-state index >= 15 is 0 Å². The number of rotatable bonds is 5. The molecule has 1 aromatic heterocycles. The van der Waals surface area contributed by atoms with Gasteiger partial charge in [-0.1, -0.05) is 42.5 Å². The molecule has 2 heterocycles. The number of benzene rings is 3. The van der Waals surface area contributed by atoms with E-state index in [4.69, 9.17) is 9.47 Å². The highest BCUT2D eigenvalue weighted by molar-refractivity contribution is 6.51. The molecule has 1 atom stereocenters. The summed E-state index contributed by atoms with van der Waals surface area (Å²) in [6, 6.07) is 18.8. The van der Waals surface area contributed by atoms with Gasteiger partial charge in [0, 0.05) is 0 Å². The summed E-state index contributed by atoms with van der Waals surface area (Å²) in [5.74, 6) is -1.20. The van der Waals surface area contributed by atoms with Gasteiger partial charge in [0.25, 0.3) is 5.78 Å². The Morgan fingerprint density at radius 2 is 1.66 bits per heavy atom. The second-order valence-corrected chi connectivity index (χ2v) is 8.20. The van der Waals surface area contributed by atoms with Gasteiger partial charge in [0.1, 0.15) is 22.8 Å². The first-order valence-corrected chi connectivity index (χ1v) is 11.0. The van der Waals surface area contributed by atoms with Crippen LogP contribution in [0.5, 0.6) is 11.5 Å². The molecule has 0 bridgehead atoms. The number of Topliss-reactive ketones (excluding diaryl/α,β-unsaturated/α-hetero) is 1. The number of hydrogen-bond acceptors (Lipinski definition) is 6. The van der Waals surface area contributed by atoms with E-state index in [9.17, 15) is 14.7 Å². The summed E-state index contributed by atoms with van der Waals surface area (Å²) in [6.45, 7) is 1.96. The van der Waals surface area contributed by atoms with Gasteiger partial charge in [0.15, 0.2) is 0 Å². The molecular weight excluding hydrogens is 446 g/mol. The summed E-state index contributed by atoms with van der Waals surface area (Å²) in [4.78, 5) is 35.8. The summed E-state index contributed by atoms with van der Waals surface area (Å²) in [5.41, 5.74) is 3.17. The van der Waals surface area contributed by atoms with Gasteiger partial charge in [-0.2, -0.15) is 0 Å². The number of nitrogens with zero attached hydrogens (tertiary/aromatic N) is 2. The van der Waals surface area contributed by atoms with Gasteiger partial charge in [-0.25, -0.2) is 4.98 Å². The second kappa shape index (κ2) is 8.64. The number of ether oxygens (including phenoxy) is 2. The second-order valence-electron chi connectivity index (χ2n) is 8.20. The maximum absolute atomic E-state index is 13.4. The number of anilines is 1. The molecule has 1 aliphatic rings. The van der Waals surface area contributed by atoms with Crippen LogP contribution in [0.1, 0.15) is 22.7 Å². The number of imidazole rings is 1. The number of nitrogens with one attached hydrogen (secondary N) is 1. The Morgan fingerprint density at radius 1 is 0.971 bits per heavy atom. The Hall–Kier alpha value is -4.59. The van der Waals surface area contributed by atoms with Crippen molar-refractivity contribution in [1.82, 2.24) is 9.97 Å². The fourth-order valence-electron chi connectivity index (χ4n) is 4.45. The van der Waals surface area contributed by atoms with Crippen LogP contribution in [-0.2, 0) is 9.59 Å². The number of carbonyl (C=O) groups excluding carboxylic acids is 2. The zero-order valence-corrected chi connectivity index (χ0v) is 19.4. The Bertz CT molecular complexity index is 1470. The van der Waals surface area contributed by atoms with Crippen LogP contribution in [0.15, 0.2) is 72.3 Å². The summed E-state index contributed by atoms with van der Waals surface area (Å²) >= 11 is 0. The number of H-pyrrole nitrogens is 1. The van der Waals surface area contributed by atoms with Crippen LogP contribution in [-0.4, -0.2) is 41.0 Å². The third kappa shape index (κ3) is 3.59. The summed E-state index contributed by atoms with van der Waals surface area (Å²) in [5, 5.41) is 11.5. The van der Waals surface area contributed by atoms with Crippen LogP contribution in [0.3, 0.4) is 0 Å². The molecule has 0 radical (unpaired) electrons. The number of methoxy groups -OCH3 is 2. The summed E-state index contributed by atoms with van der Waals surface area (Å²) < 4.78 is 10.9. The van der Waals surface area contributed by atoms with Crippen molar-refractivity contribution in [2.45, 2.75) is 13.0 Å². The molecule has 35 heavy (non-hydrogen) atoms. The lowest BCUT2D eigenvalue weighted by atomic mass is 9.95. The Labute approximate surface area is 201 Å². The van der Waals surface area contributed by atoms with Crippen LogP contribution in [0.25, 0.3) is 16.8 Å². The average Bonchev–Trinajstić information content (AvgIpc) is 3.41. The van der Waals surface area contributed by atoms with Crippen molar-refractivity contribution in [2.75, 3.05) is 19.1 Å². The van der Waals surface area contributed by atoms with E-state index in [1.54, 1.807) is 42.5 Å². The first-order valence-electron chi connectivity index (χ1n) is 11.0. The predicted molar refractivity (Wildman–Crippen MR) is 132 cm³/mol. The molecule has 1 unspecified atom stereocenters. The number of ketones is 1. The van der Waals surface area contributed by atoms with E-state index in [1.807, 2.05) is 31.2 Å². The van der Waals surface area contributed by atoms with Gasteiger partial charge in [0.2, 0.25) is 5.95 Å². The van der Waals surface area contributed by atoms with Gasteiger partial charge < -0.3 is 19.6 Å². The number of aryl methyl sites for hydroxylation is 1. The minimum Gasteiger partial charge on any atom is -0.506 e. The molecule has 1 amide bonds. The van der Waals surface area contributed by atoms with Gasteiger partial charge in [0.05, 0.1) is 36.9 Å². The Morgan fingerprint density at radius 3 is 2.31 bits per heavy atom. The quantitative estimate of drug-likeness (QED) is 0.253. The minimum absolute atomic E-state index is 0.0827. The smallest absolute Gasteiger partial charge is 0.302 e. The van der Waals surface area contributed by atoms with Crippen LogP contribution in [0.2, 0.25) is 0 Å². The van der Waals surface area contributed by atoms with Crippen molar-refractivity contribution in [3.05, 3.63) is 89.0 Å². The van der Waals surface area contributed by atoms with Crippen molar-refractivity contribution in [3.8, 4) is 11.5 Å². The predicted octanol–water partition coefficient (Wildman–Crippen LogP) is 4.51. The third-order valence-electron chi connectivity index (χ3n) is 6.08. The van der Waals surface area contributed by atoms with E-state index in [1.165, 1.54) is 19.1 Å². The molecule has 1 aliphatic heterocycles. The van der Waals surface area contributed by atoms with Gasteiger partial charge in [-0.05, 0) is 42.3 Å². The minimum atomic E-state index is -0.924. The lowest BCUT2D eigenvalue weighted by molar-refractivity contribution is -0.132. The molecule has 5 rings (SSSR count). The summed E-state index contributed by atoms with van der Waals surface area (Å²) in [7, 11) is 2.91. The highest BCUT2D eigenvalue weighted by Gasteiger charge is 2.48. The molecule has 0 aliphatic carbocycles. The highest BCUT2D eigenvalue weighted by Crippen LogP contribution is 2.44. The molecule has 0 saturated carbocycles. The summed E-state index contributed by atoms with van der Waals surface area (Å²) in [6.07, 6.45) is 0. The molecule has 0 spiro atoms. The fraction of sp³-hybridized carbons (Fsp3) is 0.148. The number of fused-ring (bicyclic) bond motifs is 1. The molecule has 8 heteroatoms. The molecule has 176 valence electrons. The van der Waals surface area contributed by atoms with E-state index in [0.717, 1.165) is 11.1 Å². The van der Waals surface area contributed by atoms with Gasteiger partial charge >= 0.3 is 5.91 Å². The SMILES string of the molecule is COc1cccc(OC)c1/C(O)=C1\C(=O)C(=O)N(c2nc3ccc(C)cc3[nH]2)C1c1ccccc1. The zero-order chi connectivity index (χ0) is 24.7. The monoisotopic (exact) mass is 469 g/mol. The Kier molecular flexibility index (Phi) is 5.49. The van der Waals surface area contributed by atoms with Crippen LogP contribution in [0.4, 0.5) is 5.95 Å². The number of amides is 1. The first kappa shape index (κ1) is 22.2. The lowest BCUT2D eigenvalue weighted by Crippen LogP contribution is -2.30. The molecular formula is C27H23N3O5. The normalized spacial score (nSPS) is 17.2. The van der Waals surface area contributed by atoms with Crippen LogP contribution >= 0.6 is 0 Å². The molecule has 1 saturated heterocycles. The number of carbonyl (C=O) groups is 2. The molecule has 2 N–H and O–H groups in total. The maximum atomic E-state index is 13.4. The van der Waals surface area contributed by atoms with E-state index < -0.39 is 17.7 Å². The number of hydrogen-bond donors (Lipinski definition) is 2. The molecule has 8 nitrogen and oxygen atoms in total. The first-order chi connectivity index (χ1) is 16.9.